The first kappa shape index (κ1) is 10.7. The average Bonchev–Trinajstić information content (AvgIpc) is 2.33. The van der Waals surface area contributed by atoms with Crippen LogP contribution >= 0.6 is 0 Å². The number of hydrogen-bond donors (Lipinski definition) is 3. The maximum absolute atomic E-state index is 11.6. The number of carbonyl (C=O) groups is 1. The van der Waals surface area contributed by atoms with E-state index in [0.717, 1.165) is 0 Å². The van der Waals surface area contributed by atoms with Gasteiger partial charge in [-0.1, -0.05) is 0 Å². The molecular formula is C9H7N5O3. The fourth-order valence-corrected chi connectivity index (χ4v) is 1.07. The summed E-state index contributed by atoms with van der Waals surface area (Å²) in [5.41, 5.74) is -0.730. The van der Waals surface area contributed by atoms with Gasteiger partial charge in [0.05, 0.1) is 0 Å². The third-order valence-electron chi connectivity index (χ3n) is 1.83. The number of carbonyl (C=O) groups excluding carboxylic acids is 1. The van der Waals surface area contributed by atoms with Gasteiger partial charge in [-0.15, -0.1) is 0 Å². The van der Waals surface area contributed by atoms with Crippen molar-refractivity contribution in [1.82, 2.24) is 20.4 Å². The molecular weight excluding hydrogens is 226 g/mol. The lowest BCUT2D eigenvalue weighted by molar-refractivity contribution is 0.102. The second-order valence-electron chi connectivity index (χ2n) is 3.07. The van der Waals surface area contributed by atoms with Crippen molar-refractivity contribution in [3.63, 3.8) is 0 Å². The summed E-state index contributed by atoms with van der Waals surface area (Å²) in [7, 11) is 0. The summed E-state index contributed by atoms with van der Waals surface area (Å²) in [6, 6.07) is 5.04. The number of H-pyrrole nitrogens is 2. The monoisotopic (exact) mass is 233 g/mol. The summed E-state index contributed by atoms with van der Waals surface area (Å²) in [6.45, 7) is 0. The van der Waals surface area contributed by atoms with E-state index in [2.05, 4.69) is 25.7 Å². The van der Waals surface area contributed by atoms with Crippen LogP contribution in [0.5, 0.6) is 0 Å². The highest BCUT2D eigenvalue weighted by Gasteiger charge is 2.08. The average molecular weight is 233 g/mol. The van der Waals surface area contributed by atoms with Gasteiger partial charge in [0.2, 0.25) is 0 Å². The summed E-state index contributed by atoms with van der Waals surface area (Å²) in [6.07, 6.45) is 0. The van der Waals surface area contributed by atoms with E-state index in [1.807, 2.05) is 0 Å². The first-order valence-electron chi connectivity index (χ1n) is 4.58. The zero-order valence-corrected chi connectivity index (χ0v) is 8.43. The second-order valence-corrected chi connectivity index (χ2v) is 3.07. The molecule has 0 aromatic carbocycles. The lowest BCUT2D eigenvalue weighted by Crippen LogP contribution is -2.19. The SMILES string of the molecule is O=C(Nc1ccc(=O)[nH]n1)c1ccc(=O)[nH]n1. The van der Waals surface area contributed by atoms with Crippen LogP contribution in [0.1, 0.15) is 10.5 Å². The number of hydrogen-bond acceptors (Lipinski definition) is 5. The van der Waals surface area contributed by atoms with Crippen molar-refractivity contribution in [2.75, 3.05) is 5.32 Å². The van der Waals surface area contributed by atoms with E-state index in [1.54, 1.807) is 0 Å². The number of aromatic amines is 2. The third-order valence-corrected chi connectivity index (χ3v) is 1.83. The Morgan fingerprint density at radius 3 is 2.18 bits per heavy atom. The molecule has 17 heavy (non-hydrogen) atoms. The molecule has 0 radical (unpaired) electrons. The standard InChI is InChI=1S/C9H7N5O3/c15-7-3-1-5(11-13-7)9(17)10-6-2-4-8(16)14-12-6/h1-4H,(H,13,15)(H,14,16)(H,10,12,17). The van der Waals surface area contributed by atoms with Gasteiger partial charge in [0.15, 0.2) is 5.82 Å². The Labute approximate surface area is 93.7 Å². The largest absolute Gasteiger partial charge is 0.304 e. The number of rotatable bonds is 2. The Morgan fingerprint density at radius 2 is 1.65 bits per heavy atom. The molecule has 2 aromatic heterocycles. The molecule has 0 fully saturated rings. The molecule has 2 heterocycles. The van der Waals surface area contributed by atoms with Crippen molar-refractivity contribution in [3.8, 4) is 0 Å². The lowest BCUT2D eigenvalue weighted by Gasteiger charge is -2.01. The summed E-state index contributed by atoms with van der Waals surface area (Å²) >= 11 is 0. The molecule has 0 aliphatic carbocycles. The summed E-state index contributed by atoms with van der Waals surface area (Å²) in [5, 5.41) is 13.8. The van der Waals surface area contributed by atoms with E-state index >= 15 is 0 Å². The van der Waals surface area contributed by atoms with Gasteiger partial charge in [-0.3, -0.25) is 14.4 Å². The molecule has 8 heteroatoms. The Kier molecular flexibility index (Phi) is 2.77. The van der Waals surface area contributed by atoms with Crippen LogP contribution in [0.25, 0.3) is 0 Å². The zero-order chi connectivity index (χ0) is 12.3. The van der Waals surface area contributed by atoms with Crippen LogP contribution in [0.3, 0.4) is 0 Å². The quantitative estimate of drug-likeness (QED) is 0.621. The molecule has 0 saturated heterocycles. The molecule has 0 unspecified atom stereocenters. The normalized spacial score (nSPS) is 9.88. The van der Waals surface area contributed by atoms with Crippen LogP contribution < -0.4 is 16.4 Å². The molecule has 8 nitrogen and oxygen atoms in total. The van der Waals surface area contributed by atoms with Crippen molar-refractivity contribution >= 4 is 11.7 Å². The Hall–Kier alpha value is -2.77. The predicted molar refractivity (Wildman–Crippen MR) is 57.7 cm³/mol. The molecule has 0 aliphatic heterocycles. The Bertz CT molecular complexity index is 619. The van der Waals surface area contributed by atoms with Crippen LogP contribution in [-0.4, -0.2) is 26.3 Å². The Balaban J connectivity index is 2.16. The van der Waals surface area contributed by atoms with Gasteiger partial charge in [-0.25, -0.2) is 10.2 Å². The molecule has 1 amide bonds. The van der Waals surface area contributed by atoms with Gasteiger partial charge in [-0.05, 0) is 12.1 Å². The van der Waals surface area contributed by atoms with Gasteiger partial charge >= 0.3 is 0 Å². The molecule has 2 rings (SSSR count). The van der Waals surface area contributed by atoms with Gasteiger partial charge in [-0.2, -0.15) is 10.2 Å². The first-order chi connectivity index (χ1) is 8.15. The topological polar surface area (TPSA) is 121 Å². The highest BCUT2D eigenvalue weighted by molar-refractivity contribution is 6.02. The highest BCUT2D eigenvalue weighted by atomic mass is 16.2. The minimum atomic E-state index is -0.541. The molecule has 0 bridgehead atoms. The second kappa shape index (κ2) is 4.39. The van der Waals surface area contributed by atoms with E-state index in [1.165, 1.54) is 24.3 Å². The maximum Gasteiger partial charge on any atom is 0.277 e. The molecule has 0 saturated carbocycles. The molecule has 0 spiro atoms. The fourth-order valence-electron chi connectivity index (χ4n) is 1.07. The minimum Gasteiger partial charge on any atom is -0.304 e. The van der Waals surface area contributed by atoms with E-state index < -0.39 is 11.5 Å². The van der Waals surface area contributed by atoms with Crippen LogP contribution in [0.4, 0.5) is 5.82 Å². The van der Waals surface area contributed by atoms with Crippen LogP contribution in [0, 0.1) is 0 Å². The number of aromatic nitrogens is 4. The summed E-state index contributed by atoms with van der Waals surface area (Å²) in [4.78, 5) is 33.1. The minimum absolute atomic E-state index is 0.0394. The summed E-state index contributed by atoms with van der Waals surface area (Å²) in [5.74, 6) is -0.358. The van der Waals surface area contributed by atoms with Gasteiger partial charge < -0.3 is 5.32 Å². The third kappa shape index (κ3) is 2.62. The zero-order valence-electron chi connectivity index (χ0n) is 8.43. The molecule has 3 N–H and O–H groups in total. The van der Waals surface area contributed by atoms with Crippen LogP contribution in [0.2, 0.25) is 0 Å². The fraction of sp³-hybridized carbons (Fsp3) is 0. The van der Waals surface area contributed by atoms with Crippen molar-refractivity contribution in [2.24, 2.45) is 0 Å². The van der Waals surface area contributed by atoms with Crippen molar-refractivity contribution in [3.05, 3.63) is 50.7 Å². The number of nitrogens with one attached hydrogen (secondary N) is 3. The Morgan fingerprint density at radius 1 is 1.00 bits per heavy atom. The lowest BCUT2D eigenvalue weighted by atomic mass is 10.3. The molecule has 0 atom stereocenters. The molecule has 2 aromatic rings. The number of nitrogens with zero attached hydrogens (tertiary/aromatic N) is 2. The van der Waals surface area contributed by atoms with Crippen molar-refractivity contribution in [1.29, 1.82) is 0 Å². The molecule has 86 valence electrons. The van der Waals surface area contributed by atoms with E-state index in [4.69, 9.17) is 0 Å². The van der Waals surface area contributed by atoms with Gasteiger partial charge in [0.1, 0.15) is 5.69 Å². The smallest absolute Gasteiger partial charge is 0.277 e. The number of anilines is 1. The van der Waals surface area contributed by atoms with E-state index in [0.29, 0.717) is 0 Å². The van der Waals surface area contributed by atoms with Crippen molar-refractivity contribution < 1.29 is 4.79 Å². The van der Waals surface area contributed by atoms with E-state index in [-0.39, 0.29) is 17.1 Å². The molecule has 0 aliphatic rings. The predicted octanol–water partition coefficient (Wildman–Crippen LogP) is -0.895. The van der Waals surface area contributed by atoms with Gasteiger partial charge in [0, 0.05) is 12.1 Å². The first-order valence-corrected chi connectivity index (χ1v) is 4.58. The summed E-state index contributed by atoms with van der Waals surface area (Å²) < 4.78 is 0. The van der Waals surface area contributed by atoms with Crippen molar-refractivity contribution in [2.45, 2.75) is 0 Å². The van der Waals surface area contributed by atoms with Crippen LogP contribution in [-0.2, 0) is 0 Å². The van der Waals surface area contributed by atoms with Crippen LogP contribution in [0.15, 0.2) is 33.9 Å². The highest BCUT2D eigenvalue weighted by Crippen LogP contribution is 1.99. The maximum atomic E-state index is 11.6. The number of amides is 1. The van der Waals surface area contributed by atoms with E-state index in [9.17, 15) is 14.4 Å². The van der Waals surface area contributed by atoms with Gasteiger partial charge in [0.25, 0.3) is 17.0 Å².